The first-order valence-electron chi connectivity index (χ1n) is 7.74. The average Bonchev–Trinajstić information content (AvgIpc) is 2.52. The van der Waals surface area contributed by atoms with Crippen LogP contribution in [0.25, 0.3) is 0 Å². The molecule has 0 saturated heterocycles. The number of nitrogens with one attached hydrogen (secondary N) is 2. The molecule has 0 radical (unpaired) electrons. The van der Waals surface area contributed by atoms with Gasteiger partial charge in [-0.25, -0.2) is 0 Å². The van der Waals surface area contributed by atoms with Gasteiger partial charge >= 0.3 is 0 Å². The van der Waals surface area contributed by atoms with Gasteiger partial charge in [0.1, 0.15) is 5.75 Å². The fourth-order valence-electron chi connectivity index (χ4n) is 2.10. The van der Waals surface area contributed by atoms with Crippen molar-refractivity contribution in [3.05, 3.63) is 60.2 Å². The van der Waals surface area contributed by atoms with E-state index in [-0.39, 0.29) is 24.0 Å². The highest BCUT2D eigenvalue weighted by molar-refractivity contribution is 6.06. The van der Waals surface area contributed by atoms with Gasteiger partial charge in [0, 0.05) is 11.2 Å². The number of hydrogen-bond donors (Lipinski definition) is 2. The molecule has 0 heterocycles. The normalized spacial score (nSPS) is 10.8. The van der Waals surface area contributed by atoms with Crippen LogP contribution in [0.2, 0.25) is 0 Å². The van der Waals surface area contributed by atoms with Crippen molar-refractivity contribution in [2.24, 2.45) is 0 Å². The molecule has 0 saturated carbocycles. The fraction of sp³-hybridized carbons (Fsp3) is 0.263. The lowest BCUT2D eigenvalue weighted by Crippen LogP contribution is -2.43. The summed E-state index contributed by atoms with van der Waals surface area (Å²) in [6.07, 6.45) is 0. The van der Waals surface area contributed by atoms with Crippen molar-refractivity contribution in [1.29, 1.82) is 0 Å². The van der Waals surface area contributed by atoms with Crippen LogP contribution in [0.5, 0.6) is 5.75 Å². The van der Waals surface area contributed by atoms with Crippen molar-refractivity contribution in [1.82, 2.24) is 5.32 Å². The smallest absolute Gasteiger partial charge is 0.259 e. The van der Waals surface area contributed by atoms with Crippen molar-refractivity contribution < 1.29 is 14.3 Å². The maximum atomic E-state index is 12.4. The number of rotatable bonds is 5. The molecule has 5 heteroatoms. The molecule has 0 aliphatic heterocycles. The molecule has 0 fully saturated rings. The summed E-state index contributed by atoms with van der Waals surface area (Å²) in [5, 5.41) is 5.62. The Hall–Kier alpha value is -2.82. The minimum atomic E-state index is -0.329. The Morgan fingerprint density at radius 3 is 2.25 bits per heavy atom. The number of carbonyl (C=O) groups excluding carboxylic acids is 2. The second kappa shape index (κ2) is 7.64. The number of ether oxygens (including phenoxy) is 1. The lowest BCUT2D eigenvalue weighted by molar-refractivity contribution is -0.124. The minimum absolute atomic E-state index is 0.146. The van der Waals surface area contributed by atoms with Crippen molar-refractivity contribution in [3.63, 3.8) is 0 Å². The fourth-order valence-corrected chi connectivity index (χ4v) is 2.10. The van der Waals surface area contributed by atoms with Gasteiger partial charge in [-0.2, -0.15) is 0 Å². The van der Waals surface area contributed by atoms with Gasteiger partial charge in [0.05, 0.1) is 5.56 Å². The molecule has 5 nitrogen and oxygen atoms in total. The first-order valence-corrected chi connectivity index (χ1v) is 7.74. The van der Waals surface area contributed by atoms with Crippen LogP contribution in [-0.4, -0.2) is 24.0 Å². The molecule has 2 rings (SSSR count). The van der Waals surface area contributed by atoms with Gasteiger partial charge in [0.25, 0.3) is 11.8 Å². The standard InChI is InChI=1S/C19H22N2O3/c1-19(2,3)21-17(22)13-24-16-12-8-7-11-15(16)18(23)20-14-9-5-4-6-10-14/h4-12H,13H2,1-3H3,(H,20,23)(H,21,22). The molecule has 0 unspecified atom stereocenters. The van der Waals surface area contributed by atoms with E-state index in [1.54, 1.807) is 36.4 Å². The predicted octanol–water partition coefficient (Wildman–Crippen LogP) is 3.23. The van der Waals surface area contributed by atoms with Gasteiger partial charge in [-0.15, -0.1) is 0 Å². The highest BCUT2D eigenvalue weighted by atomic mass is 16.5. The summed E-state index contributed by atoms with van der Waals surface area (Å²) in [5.74, 6) is -0.149. The van der Waals surface area contributed by atoms with Crippen LogP contribution in [-0.2, 0) is 4.79 Å². The van der Waals surface area contributed by atoms with Gasteiger partial charge in [0.15, 0.2) is 6.61 Å². The minimum Gasteiger partial charge on any atom is -0.483 e. The molecule has 126 valence electrons. The quantitative estimate of drug-likeness (QED) is 0.886. The molecule has 2 aromatic rings. The van der Waals surface area contributed by atoms with E-state index in [4.69, 9.17) is 4.74 Å². The van der Waals surface area contributed by atoms with E-state index in [0.29, 0.717) is 17.0 Å². The lowest BCUT2D eigenvalue weighted by atomic mass is 10.1. The number of amides is 2. The average molecular weight is 326 g/mol. The second-order valence-corrected chi connectivity index (χ2v) is 6.40. The maximum Gasteiger partial charge on any atom is 0.259 e. The Bertz CT molecular complexity index is 706. The number of para-hydroxylation sites is 2. The van der Waals surface area contributed by atoms with E-state index in [1.807, 2.05) is 39.0 Å². The summed E-state index contributed by atoms with van der Waals surface area (Å²) in [6, 6.07) is 16.0. The molecule has 0 aliphatic rings. The molecule has 2 N–H and O–H groups in total. The molecule has 0 spiro atoms. The van der Waals surface area contributed by atoms with Gasteiger partial charge in [-0.3, -0.25) is 9.59 Å². The summed E-state index contributed by atoms with van der Waals surface area (Å²) in [4.78, 5) is 24.3. The highest BCUT2D eigenvalue weighted by Crippen LogP contribution is 2.19. The highest BCUT2D eigenvalue weighted by Gasteiger charge is 2.16. The third-order valence-corrected chi connectivity index (χ3v) is 3.04. The lowest BCUT2D eigenvalue weighted by Gasteiger charge is -2.20. The van der Waals surface area contributed by atoms with Crippen LogP contribution < -0.4 is 15.4 Å². The number of carbonyl (C=O) groups is 2. The summed E-state index contributed by atoms with van der Waals surface area (Å²) >= 11 is 0. The van der Waals surface area contributed by atoms with Crippen LogP contribution in [0.1, 0.15) is 31.1 Å². The summed E-state index contributed by atoms with van der Waals surface area (Å²) in [7, 11) is 0. The predicted molar refractivity (Wildman–Crippen MR) is 94.2 cm³/mol. The molecular weight excluding hydrogens is 304 g/mol. The first-order chi connectivity index (χ1) is 11.3. The molecule has 2 aromatic carbocycles. The molecule has 0 atom stereocenters. The van der Waals surface area contributed by atoms with Gasteiger partial charge in [-0.05, 0) is 45.0 Å². The molecule has 24 heavy (non-hydrogen) atoms. The molecular formula is C19H22N2O3. The Labute approximate surface area is 142 Å². The molecule has 0 bridgehead atoms. The SMILES string of the molecule is CC(C)(C)NC(=O)COc1ccccc1C(=O)Nc1ccccc1. The van der Waals surface area contributed by atoms with Crippen molar-refractivity contribution in [2.75, 3.05) is 11.9 Å². The zero-order valence-corrected chi connectivity index (χ0v) is 14.1. The summed E-state index contributed by atoms with van der Waals surface area (Å²) in [6.45, 7) is 5.54. The van der Waals surface area contributed by atoms with Crippen molar-refractivity contribution >= 4 is 17.5 Å². The third kappa shape index (κ3) is 5.43. The van der Waals surface area contributed by atoms with Crippen LogP contribution in [0, 0.1) is 0 Å². The van der Waals surface area contributed by atoms with Crippen molar-refractivity contribution in [3.8, 4) is 5.75 Å². The molecule has 0 aromatic heterocycles. The Morgan fingerprint density at radius 1 is 0.958 bits per heavy atom. The van der Waals surface area contributed by atoms with E-state index < -0.39 is 0 Å². The Morgan fingerprint density at radius 2 is 1.58 bits per heavy atom. The van der Waals surface area contributed by atoms with E-state index in [0.717, 1.165) is 0 Å². The molecule has 0 aliphatic carbocycles. The van der Waals surface area contributed by atoms with Gasteiger partial charge in [0.2, 0.25) is 0 Å². The maximum absolute atomic E-state index is 12.4. The zero-order chi connectivity index (χ0) is 17.6. The van der Waals surface area contributed by atoms with Crippen LogP contribution in [0.4, 0.5) is 5.69 Å². The number of benzene rings is 2. The summed E-state index contributed by atoms with van der Waals surface area (Å²) < 4.78 is 5.53. The topological polar surface area (TPSA) is 67.4 Å². The van der Waals surface area contributed by atoms with Crippen molar-refractivity contribution in [2.45, 2.75) is 26.3 Å². The number of anilines is 1. The Balaban J connectivity index is 2.04. The third-order valence-electron chi connectivity index (χ3n) is 3.04. The van der Waals surface area contributed by atoms with Crippen LogP contribution in [0.3, 0.4) is 0 Å². The zero-order valence-electron chi connectivity index (χ0n) is 14.1. The Kier molecular flexibility index (Phi) is 5.58. The van der Waals surface area contributed by atoms with Crippen LogP contribution in [0.15, 0.2) is 54.6 Å². The van der Waals surface area contributed by atoms with E-state index in [1.165, 1.54) is 0 Å². The van der Waals surface area contributed by atoms with Gasteiger partial charge < -0.3 is 15.4 Å². The number of hydrogen-bond acceptors (Lipinski definition) is 3. The monoisotopic (exact) mass is 326 g/mol. The second-order valence-electron chi connectivity index (χ2n) is 6.40. The van der Waals surface area contributed by atoms with E-state index in [9.17, 15) is 9.59 Å². The largest absolute Gasteiger partial charge is 0.483 e. The summed E-state index contributed by atoms with van der Waals surface area (Å²) in [5.41, 5.74) is 0.748. The van der Waals surface area contributed by atoms with Crippen LogP contribution >= 0.6 is 0 Å². The van der Waals surface area contributed by atoms with E-state index >= 15 is 0 Å². The van der Waals surface area contributed by atoms with Gasteiger partial charge in [-0.1, -0.05) is 30.3 Å². The molecule has 2 amide bonds. The van der Waals surface area contributed by atoms with E-state index in [2.05, 4.69) is 10.6 Å². The first kappa shape index (κ1) is 17.5.